The molecule has 5 N–H and O–H groups in total. The number of amidine groups is 1. The summed E-state index contributed by atoms with van der Waals surface area (Å²) >= 11 is 0. The van der Waals surface area contributed by atoms with Gasteiger partial charge in [0.25, 0.3) is 0 Å². The van der Waals surface area contributed by atoms with Gasteiger partial charge in [-0.15, -0.1) is 0 Å². The van der Waals surface area contributed by atoms with Crippen LogP contribution < -0.4 is 11.1 Å². The largest absolute Gasteiger partial charge is 0.384 e. The fourth-order valence-corrected chi connectivity index (χ4v) is 2.47. The molecule has 1 fully saturated rings. The van der Waals surface area contributed by atoms with Crippen molar-refractivity contribution in [3.05, 3.63) is 17.8 Å². The Morgan fingerprint density at radius 3 is 3.14 bits per heavy atom. The smallest absolute Gasteiger partial charge is 0.222 e. The fourth-order valence-electron chi connectivity index (χ4n) is 2.47. The molecule has 1 saturated heterocycles. The SMILES string of the molecule is N=C(N)c1ccnc2nc(NCCN3CCCC3=O)[nH]c12. The number of hydrogen-bond donors (Lipinski definition) is 4. The minimum atomic E-state index is -0.0275. The maximum Gasteiger partial charge on any atom is 0.222 e. The van der Waals surface area contributed by atoms with Crippen LogP contribution in [0.3, 0.4) is 0 Å². The first-order valence-electron chi connectivity index (χ1n) is 6.86. The Kier molecular flexibility index (Phi) is 3.43. The lowest BCUT2D eigenvalue weighted by Crippen LogP contribution is -2.30. The number of likely N-dealkylation sites (tertiary alicyclic amines) is 1. The molecule has 0 saturated carbocycles. The van der Waals surface area contributed by atoms with E-state index >= 15 is 0 Å². The standard InChI is InChI=1S/C13H17N7O/c14-11(15)8-3-4-16-12-10(8)18-13(19-12)17-5-7-20-6-1-2-9(20)21/h3-4H,1-2,5-7H2,(H3,14,15)(H2,16,17,18,19). The van der Waals surface area contributed by atoms with Crippen molar-refractivity contribution in [2.75, 3.05) is 25.0 Å². The molecule has 0 spiro atoms. The molecule has 21 heavy (non-hydrogen) atoms. The van der Waals surface area contributed by atoms with E-state index < -0.39 is 0 Å². The third-order valence-corrected chi connectivity index (χ3v) is 3.53. The fraction of sp³-hybridized carbons (Fsp3) is 0.385. The molecule has 0 atom stereocenters. The number of carbonyl (C=O) groups is 1. The van der Waals surface area contributed by atoms with Gasteiger partial charge in [0.2, 0.25) is 11.9 Å². The molecule has 3 heterocycles. The summed E-state index contributed by atoms with van der Waals surface area (Å²) in [5, 5.41) is 10.7. The van der Waals surface area contributed by atoms with Crippen molar-refractivity contribution in [2.24, 2.45) is 5.73 Å². The molecule has 8 heteroatoms. The summed E-state index contributed by atoms with van der Waals surface area (Å²) in [5.41, 5.74) is 7.27. The summed E-state index contributed by atoms with van der Waals surface area (Å²) in [5.74, 6) is 0.750. The lowest BCUT2D eigenvalue weighted by molar-refractivity contribution is -0.127. The molecule has 1 amide bonds. The molecule has 0 aromatic carbocycles. The average molecular weight is 287 g/mol. The number of hydrogen-bond acceptors (Lipinski definition) is 5. The first-order chi connectivity index (χ1) is 10.1. The summed E-state index contributed by atoms with van der Waals surface area (Å²) < 4.78 is 0. The minimum absolute atomic E-state index is 0.0275. The van der Waals surface area contributed by atoms with Crippen molar-refractivity contribution in [1.82, 2.24) is 19.9 Å². The number of aromatic amines is 1. The van der Waals surface area contributed by atoms with Crippen LogP contribution in [0.5, 0.6) is 0 Å². The van der Waals surface area contributed by atoms with E-state index in [0.717, 1.165) is 13.0 Å². The van der Waals surface area contributed by atoms with E-state index in [-0.39, 0.29) is 11.7 Å². The number of nitrogen functional groups attached to an aromatic ring is 1. The van der Waals surface area contributed by atoms with Gasteiger partial charge in [0.1, 0.15) is 5.84 Å². The van der Waals surface area contributed by atoms with Gasteiger partial charge in [0.15, 0.2) is 5.65 Å². The molecular formula is C13H17N7O. The zero-order valence-corrected chi connectivity index (χ0v) is 11.5. The minimum Gasteiger partial charge on any atom is -0.384 e. The Bertz CT molecular complexity index is 693. The second kappa shape index (κ2) is 5.39. The number of imidazole rings is 1. The van der Waals surface area contributed by atoms with E-state index in [0.29, 0.717) is 42.2 Å². The average Bonchev–Trinajstić information content (AvgIpc) is 3.04. The van der Waals surface area contributed by atoms with Crippen LogP contribution in [-0.4, -0.2) is 51.2 Å². The first-order valence-corrected chi connectivity index (χ1v) is 6.86. The number of anilines is 1. The van der Waals surface area contributed by atoms with Gasteiger partial charge < -0.3 is 20.9 Å². The molecule has 1 aliphatic rings. The lowest BCUT2D eigenvalue weighted by Gasteiger charge is -2.15. The molecule has 0 unspecified atom stereocenters. The topological polar surface area (TPSA) is 124 Å². The normalized spacial score (nSPS) is 14.9. The number of rotatable bonds is 5. The monoisotopic (exact) mass is 287 g/mol. The number of amides is 1. The number of pyridine rings is 1. The maximum atomic E-state index is 11.5. The number of nitrogens with one attached hydrogen (secondary N) is 3. The Balaban J connectivity index is 1.69. The van der Waals surface area contributed by atoms with E-state index in [1.54, 1.807) is 12.3 Å². The highest BCUT2D eigenvalue weighted by Crippen LogP contribution is 2.16. The molecule has 2 aromatic heterocycles. The van der Waals surface area contributed by atoms with Crippen molar-refractivity contribution in [1.29, 1.82) is 5.41 Å². The number of aromatic nitrogens is 3. The number of carbonyl (C=O) groups excluding carboxylic acids is 1. The van der Waals surface area contributed by atoms with Gasteiger partial charge in [-0.3, -0.25) is 10.2 Å². The number of H-pyrrole nitrogens is 1. The van der Waals surface area contributed by atoms with Crippen LogP contribution in [0.25, 0.3) is 11.2 Å². The van der Waals surface area contributed by atoms with Crippen molar-refractivity contribution in [3.63, 3.8) is 0 Å². The van der Waals surface area contributed by atoms with Crippen LogP contribution in [0, 0.1) is 5.41 Å². The van der Waals surface area contributed by atoms with E-state index in [1.165, 1.54) is 0 Å². The van der Waals surface area contributed by atoms with Crippen molar-refractivity contribution in [2.45, 2.75) is 12.8 Å². The summed E-state index contributed by atoms with van der Waals surface area (Å²) in [6.45, 7) is 2.10. The van der Waals surface area contributed by atoms with Crippen molar-refractivity contribution >= 4 is 28.9 Å². The maximum absolute atomic E-state index is 11.5. The Morgan fingerprint density at radius 1 is 1.57 bits per heavy atom. The zero-order chi connectivity index (χ0) is 14.8. The quantitative estimate of drug-likeness (QED) is 0.464. The highest BCUT2D eigenvalue weighted by molar-refractivity contribution is 6.04. The van der Waals surface area contributed by atoms with Gasteiger partial charge in [0, 0.05) is 37.8 Å². The highest BCUT2D eigenvalue weighted by atomic mass is 16.2. The third kappa shape index (κ3) is 2.64. The van der Waals surface area contributed by atoms with Crippen molar-refractivity contribution in [3.8, 4) is 0 Å². The molecule has 0 bridgehead atoms. The van der Waals surface area contributed by atoms with Gasteiger partial charge in [-0.2, -0.15) is 4.98 Å². The van der Waals surface area contributed by atoms with Gasteiger partial charge in [-0.05, 0) is 12.5 Å². The highest BCUT2D eigenvalue weighted by Gasteiger charge is 2.19. The van der Waals surface area contributed by atoms with Gasteiger partial charge in [0.05, 0.1) is 5.52 Å². The number of nitrogens with zero attached hydrogens (tertiary/aromatic N) is 3. The van der Waals surface area contributed by atoms with Crippen LogP contribution in [0.15, 0.2) is 12.3 Å². The summed E-state index contributed by atoms with van der Waals surface area (Å²) in [6, 6.07) is 1.68. The Labute approximate surface area is 121 Å². The third-order valence-electron chi connectivity index (χ3n) is 3.53. The summed E-state index contributed by atoms with van der Waals surface area (Å²) in [4.78, 5) is 24.9. The summed E-state index contributed by atoms with van der Waals surface area (Å²) in [7, 11) is 0. The van der Waals surface area contributed by atoms with Gasteiger partial charge >= 0.3 is 0 Å². The molecule has 110 valence electrons. The van der Waals surface area contributed by atoms with E-state index in [4.69, 9.17) is 11.1 Å². The molecular weight excluding hydrogens is 270 g/mol. The second-order valence-electron chi connectivity index (χ2n) is 4.97. The van der Waals surface area contributed by atoms with Crippen LogP contribution in [0.2, 0.25) is 0 Å². The van der Waals surface area contributed by atoms with Crippen molar-refractivity contribution < 1.29 is 4.79 Å². The van der Waals surface area contributed by atoms with E-state index in [9.17, 15) is 4.79 Å². The molecule has 2 aromatic rings. The molecule has 0 radical (unpaired) electrons. The van der Waals surface area contributed by atoms with Crippen LogP contribution in [-0.2, 0) is 4.79 Å². The van der Waals surface area contributed by atoms with E-state index in [1.807, 2.05) is 4.90 Å². The van der Waals surface area contributed by atoms with Gasteiger partial charge in [-0.25, -0.2) is 4.98 Å². The first kappa shape index (κ1) is 13.3. The predicted molar refractivity (Wildman–Crippen MR) is 79.2 cm³/mol. The molecule has 1 aliphatic heterocycles. The van der Waals surface area contributed by atoms with Crippen LogP contribution in [0.4, 0.5) is 5.95 Å². The van der Waals surface area contributed by atoms with E-state index in [2.05, 4.69) is 20.3 Å². The summed E-state index contributed by atoms with van der Waals surface area (Å²) in [6.07, 6.45) is 3.17. The number of fused-ring (bicyclic) bond motifs is 1. The number of nitrogens with two attached hydrogens (primary N) is 1. The molecule has 3 rings (SSSR count). The van der Waals surface area contributed by atoms with Gasteiger partial charge in [-0.1, -0.05) is 0 Å². The van der Waals surface area contributed by atoms with Crippen LogP contribution >= 0.6 is 0 Å². The predicted octanol–water partition coefficient (Wildman–Crippen LogP) is 0.276. The Morgan fingerprint density at radius 2 is 2.43 bits per heavy atom. The Hall–Kier alpha value is -2.64. The molecule has 8 nitrogen and oxygen atoms in total. The zero-order valence-electron chi connectivity index (χ0n) is 11.5. The lowest BCUT2D eigenvalue weighted by atomic mass is 10.2. The molecule has 0 aliphatic carbocycles. The second-order valence-corrected chi connectivity index (χ2v) is 4.97. The van der Waals surface area contributed by atoms with Crippen LogP contribution in [0.1, 0.15) is 18.4 Å².